The van der Waals surface area contributed by atoms with E-state index in [4.69, 9.17) is 9.52 Å². The molecule has 0 aliphatic rings. The number of nitrogens with one attached hydrogen (secondary N) is 1. The minimum absolute atomic E-state index is 0.0813. The second-order valence-corrected chi connectivity index (χ2v) is 4.13. The van der Waals surface area contributed by atoms with Gasteiger partial charge in [0, 0.05) is 6.07 Å². The van der Waals surface area contributed by atoms with Crippen LogP contribution in [0.3, 0.4) is 0 Å². The van der Waals surface area contributed by atoms with Crippen LogP contribution in [0.5, 0.6) is 11.5 Å². The number of rotatable bonds is 3. The van der Waals surface area contributed by atoms with Crippen molar-refractivity contribution in [1.29, 1.82) is 0 Å². The molecule has 3 N–H and O–H groups in total. The van der Waals surface area contributed by atoms with E-state index in [0.29, 0.717) is 11.7 Å². The van der Waals surface area contributed by atoms with Crippen LogP contribution in [-0.4, -0.2) is 21.1 Å². The van der Waals surface area contributed by atoms with Crippen molar-refractivity contribution >= 4 is 5.91 Å². The maximum absolute atomic E-state index is 11.8. The molecule has 0 atom stereocenters. The van der Waals surface area contributed by atoms with Gasteiger partial charge in [0.15, 0.2) is 0 Å². The zero-order valence-corrected chi connectivity index (χ0v) is 10.6. The minimum atomic E-state index is -0.467. The average molecular weight is 262 g/mol. The zero-order valence-electron chi connectivity index (χ0n) is 10.6. The van der Waals surface area contributed by atoms with E-state index < -0.39 is 5.91 Å². The highest BCUT2D eigenvalue weighted by Crippen LogP contribution is 2.22. The Morgan fingerprint density at radius 2 is 2.11 bits per heavy atom. The number of nitrogens with zero attached hydrogens (tertiary/aromatic N) is 1. The number of oxazole rings is 1. The third-order valence-corrected chi connectivity index (χ3v) is 2.70. The molecule has 1 aromatic heterocycles. The number of phenolic OH excluding ortho intramolecular Hbond substituents is 2. The van der Waals surface area contributed by atoms with Crippen molar-refractivity contribution in [3.05, 3.63) is 41.1 Å². The Morgan fingerprint density at radius 3 is 2.68 bits per heavy atom. The van der Waals surface area contributed by atoms with E-state index in [2.05, 4.69) is 10.3 Å². The summed E-state index contributed by atoms with van der Waals surface area (Å²) in [6.45, 7) is 3.74. The van der Waals surface area contributed by atoms with Crippen molar-refractivity contribution < 1.29 is 19.4 Å². The third kappa shape index (κ3) is 2.85. The number of hydrogen-bond acceptors (Lipinski definition) is 5. The van der Waals surface area contributed by atoms with E-state index in [1.807, 2.05) is 6.92 Å². The maximum atomic E-state index is 11.8. The molecule has 0 saturated carbocycles. The minimum Gasteiger partial charge on any atom is -0.508 e. The molecule has 0 radical (unpaired) electrons. The highest BCUT2D eigenvalue weighted by molar-refractivity contribution is 5.96. The molecule has 0 saturated heterocycles. The molecule has 0 spiro atoms. The van der Waals surface area contributed by atoms with Gasteiger partial charge in [-0.05, 0) is 26.0 Å². The van der Waals surface area contributed by atoms with E-state index >= 15 is 0 Å². The number of carbonyl (C=O) groups is 1. The first-order valence-corrected chi connectivity index (χ1v) is 5.70. The first kappa shape index (κ1) is 12.9. The fraction of sp³-hybridized carbons (Fsp3) is 0.231. The lowest BCUT2D eigenvalue weighted by Crippen LogP contribution is -2.23. The van der Waals surface area contributed by atoms with Gasteiger partial charge in [0.1, 0.15) is 17.3 Å². The van der Waals surface area contributed by atoms with E-state index in [1.165, 1.54) is 12.1 Å². The van der Waals surface area contributed by atoms with Crippen molar-refractivity contribution in [2.45, 2.75) is 20.4 Å². The van der Waals surface area contributed by atoms with Gasteiger partial charge in [0.25, 0.3) is 5.91 Å². The molecule has 19 heavy (non-hydrogen) atoms. The summed E-state index contributed by atoms with van der Waals surface area (Å²) in [6, 6.07) is 3.77. The van der Waals surface area contributed by atoms with E-state index in [1.54, 1.807) is 6.92 Å². The van der Waals surface area contributed by atoms with Crippen LogP contribution in [0.2, 0.25) is 0 Å². The van der Waals surface area contributed by atoms with Gasteiger partial charge in [0.05, 0.1) is 17.8 Å². The SMILES string of the molecule is Cc1nc(CNC(=O)c2ccc(O)cc2O)oc1C. The van der Waals surface area contributed by atoms with Gasteiger partial charge in [-0.15, -0.1) is 0 Å². The summed E-state index contributed by atoms with van der Waals surface area (Å²) in [5, 5.41) is 21.3. The first-order chi connectivity index (χ1) is 8.97. The fourth-order valence-corrected chi connectivity index (χ4v) is 1.58. The normalized spacial score (nSPS) is 10.4. The molecule has 1 aromatic carbocycles. The molecule has 1 amide bonds. The van der Waals surface area contributed by atoms with Gasteiger partial charge in [0.2, 0.25) is 5.89 Å². The molecule has 0 fully saturated rings. The lowest BCUT2D eigenvalue weighted by atomic mass is 10.2. The predicted molar refractivity (Wildman–Crippen MR) is 66.9 cm³/mol. The lowest BCUT2D eigenvalue weighted by molar-refractivity contribution is 0.0944. The summed E-state index contributed by atoms with van der Waals surface area (Å²) in [6.07, 6.45) is 0. The van der Waals surface area contributed by atoms with Gasteiger partial charge in [-0.25, -0.2) is 4.98 Å². The number of aromatic nitrogens is 1. The molecule has 100 valence electrons. The number of aromatic hydroxyl groups is 2. The van der Waals surface area contributed by atoms with Crippen LogP contribution < -0.4 is 5.32 Å². The Balaban J connectivity index is 2.05. The molecule has 2 aromatic rings. The van der Waals surface area contributed by atoms with E-state index in [9.17, 15) is 9.90 Å². The van der Waals surface area contributed by atoms with Crippen LogP contribution in [0, 0.1) is 13.8 Å². The molecule has 0 bridgehead atoms. The number of hydrogen-bond donors (Lipinski definition) is 3. The van der Waals surface area contributed by atoms with Gasteiger partial charge in [-0.3, -0.25) is 4.79 Å². The first-order valence-electron chi connectivity index (χ1n) is 5.70. The predicted octanol–water partition coefficient (Wildman–Crippen LogP) is 1.63. The topological polar surface area (TPSA) is 95.6 Å². The Kier molecular flexibility index (Phi) is 3.41. The average Bonchev–Trinajstić information content (AvgIpc) is 2.66. The van der Waals surface area contributed by atoms with Crippen molar-refractivity contribution in [1.82, 2.24) is 10.3 Å². The Morgan fingerprint density at radius 1 is 1.37 bits per heavy atom. The summed E-state index contributed by atoms with van der Waals surface area (Å²) in [7, 11) is 0. The molecule has 6 nitrogen and oxygen atoms in total. The van der Waals surface area contributed by atoms with Crippen molar-refractivity contribution in [2.24, 2.45) is 0 Å². The second kappa shape index (κ2) is 5.01. The second-order valence-electron chi connectivity index (χ2n) is 4.13. The number of benzene rings is 1. The van der Waals surface area contributed by atoms with Gasteiger partial charge in [-0.2, -0.15) is 0 Å². The van der Waals surface area contributed by atoms with Crippen LogP contribution >= 0.6 is 0 Å². The number of aryl methyl sites for hydroxylation is 2. The number of carbonyl (C=O) groups excluding carboxylic acids is 1. The van der Waals surface area contributed by atoms with Crippen LogP contribution in [0.4, 0.5) is 0 Å². The molecule has 1 heterocycles. The lowest BCUT2D eigenvalue weighted by Gasteiger charge is -2.05. The van der Waals surface area contributed by atoms with E-state index in [0.717, 1.165) is 11.8 Å². The molecular weight excluding hydrogens is 248 g/mol. The molecule has 0 aliphatic heterocycles. The van der Waals surface area contributed by atoms with Crippen LogP contribution in [-0.2, 0) is 6.54 Å². The summed E-state index contributed by atoms with van der Waals surface area (Å²) >= 11 is 0. The van der Waals surface area contributed by atoms with Crippen molar-refractivity contribution in [3.63, 3.8) is 0 Å². The Hall–Kier alpha value is -2.50. The molecule has 6 heteroatoms. The summed E-state index contributed by atoms with van der Waals surface area (Å²) in [5.41, 5.74) is 0.856. The van der Waals surface area contributed by atoms with Crippen molar-refractivity contribution in [3.8, 4) is 11.5 Å². The van der Waals surface area contributed by atoms with Crippen LogP contribution in [0.1, 0.15) is 27.7 Å². The maximum Gasteiger partial charge on any atom is 0.255 e. The standard InChI is InChI=1S/C13H14N2O4/c1-7-8(2)19-12(15-7)6-14-13(18)10-4-3-9(16)5-11(10)17/h3-5,16-17H,6H2,1-2H3,(H,14,18). The smallest absolute Gasteiger partial charge is 0.255 e. The van der Waals surface area contributed by atoms with Gasteiger partial charge < -0.3 is 19.9 Å². The van der Waals surface area contributed by atoms with Crippen LogP contribution in [0.15, 0.2) is 22.6 Å². The highest BCUT2D eigenvalue weighted by Gasteiger charge is 2.13. The molecule has 2 rings (SSSR count). The molecular formula is C13H14N2O4. The monoisotopic (exact) mass is 262 g/mol. The Labute approximate surface area is 109 Å². The number of amides is 1. The fourth-order valence-electron chi connectivity index (χ4n) is 1.58. The van der Waals surface area contributed by atoms with Gasteiger partial charge >= 0.3 is 0 Å². The number of phenols is 2. The molecule has 0 unspecified atom stereocenters. The van der Waals surface area contributed by atoms with E-state index in [-0.39, 0.29) is 23.6 Å². The van der Waals surface area contributed by atoms with Gasteiger partial charge in [-0.1, -0.05) is 0 Å². The van der Waals surface area contributed by atoms with Crippen LogP contribution in [0.25, 0.3) is 0 Å². The quantitative estimate of drug-likeness (QED) is 0.781. The summed E-state index contributed by atoms with van der Waals surface area (Å²) in [5.74, 6) is 0.259. The summed E-state index contributed by atoms with van der Waals surface area (Å²) < 4.78 is 5.32. The summed E-state index contributed by atoms with van der Waals surface area (Å²) in [4.78, 5) is 15.9. The largest absolute Gasteiger partial charge is 0.508 e. The zero-order chi connectivity index (χ0) is 14.0. The Bertz CT molecular complexity index is 600. The van der Waals surface area contributed by atoms with Crippen molar-refractivity contribution in [2.75, 3.05) is 0 Å². The molecule has 0 aliphatic carbocycles. The highest BCUT2D eigenvalue weighted by atomic mass is 16.4. The third-order valence-electron chi connectivity index (χ3n) is 2.70.